The van der Waals surface area contributed by atoms with E-state index >= 15 is 0 Å². The molecule has 0 aliphatic rings. The number of halogens is 1. The first kappa shape index (κ1) is 12.9. The smallest absolute Gasteiger partial charge is 0.330 e. The molecule has 0 spiro atoms. The van der Waals surface area contributed by atoms with E-state index in [0.29, 0.717) is 23.8 Å². The lowest BCUT2D eigenvalue weighted by Crippen LogP contribution is -2.24. The number of nitrogens with one attached hydrogen (secondary N) is 1. The summed E-state index contributed by atoms with van der Waals surface area (Å²) >= 11 is 5.85. The van der Waals surface area contributed by atoms with Crippen LogP contribution >= 0.6 is 11.6 Å². The van der Waals surface area contributed by atoms with E-state index in [2.05, 4.69) is 10.2 Å². The van der Waals surface area contributed by atoms with Gasteiger partial charge in [0.05, 0.1) is 6.04 Å². The minimum absolute atomic E-state index is 0.102. The topological polar surface area (TPSA) is 76.7 Å². The van der Waals surface area contributed by atoms with Crippen molar-refractivity contribution in [1.82, 2.24) is 14.8 Å². The van der Waals surface area contributed by atoms with Gasteiger partial charge in [-0.25, -0.2) is 9.89 Å². The Labute approximate surface area is 110 Å². The minimum Gasteiger partial charge on any atom is -0.330 e. The lowest BCUT2D eigenvalue weighted by molar-refractivity contribution is 0.583. The van der Waals surface area contributed by atoms with Gasteiger partial charge in [0.15, 0.2) is 0 Å². The normalized spacial score (nSPS) is 12.6. The molecule has 2 aromatic rings. The number of hydrogen-bond acceptors (Lipinski definition) is 3. The van der Waals surface area contributed by atoms with Crippen molar-refractivity contribution in [3.05, 3.63) is 51.2 Å². The third kappa shape index (κ3) is 2.47. The Morgan fingerprint density at radius 1 is 1.44 bits per heavy atom. The summed E-state index contributed by atoms with van der Waals surface area (Å²) in [6.07, 6.45) is 0.566. The van der Waals surface area contributed by atoms with Crippen molar-refractivity contribution in [2.75, 3.05) is 6.54 Å². The standard InChI is InChI=1S/C12H15ClN4O/c1-8(9-2-4-10(13)5-3-9)17-11(6-7-14)15-16-12(17)18/h2-5,8H,6-7,14H2,1H3,(H,16,18)/t8-/m1/s1. The van der Waals surface area contributed by atoms with E-state index < -0.39 is 0 Å². The summed E-state index contributed by atoms with van der Waals surface area (Å²) in [5.74, 6) is 0.671. The molecular weight excluding hydrogens is 252 g/mol. The molecule has 2 rings (SSSR count). The van der Waals surface area contributed by atoms with E-state index in [4.69, 9.17) is 17.3 Å². The number of hydrogen-bond donors (Lipinski definition) is 2. The number of rotatable bonds is 4. The molecule has 1 heterocycles. The van der Waals surface area contributed by atoms with Crippen LogP contribution in [0.4, 0.5) is 0 Å². The maximum absolute atomic E-state index is 11.8. The van der Waals surface area contributed by atoms with Crippen molar-refractivity contribution < 1.29 is 0 Å². The molecule has 0 fully saturated rings. The molecule has 0 unspecified atom stereocenters. The molecule has 5 nitrogen and oxygen atoms in total. The van der Waals surface area contributed by atoms with E-state index in [1.54, 1.807) is 16.7 Å². The number of benzene rings is 1. The van der Waals surface area contributed by atoms with Gasteiger partial charge < -0.3 is 5.73 Å². The van der Waals surface area contributed by atoms with Crippen LogP contribution in [0.2, 0.25) is 5.02 Å². The highest BCUT2D eigenvalue weighted by Crippen LogP contribution is 2.19. The van der Waals surface area contributed by atoms with Gasteiger partial charge in [0.25, 0.3) is 0 Å². The van der Waals surface area contributed by atoms with Gasteiger partial charge >= 0.3 is 5.69 Å². The van der Waals surface area contributed by atoms with Gasteiger partial charge in [0, 0.05) is 11.4 Å². The van der Waals surface area contributed by atoms with E-state index in [9.17, 15) is 4.79 Å². The van der Waals surface area contributed by atoms with Crippen LogP contribution in [-0.2, 0) is 6.42 Å². The molecule has 6 heteroatoms. The largest absolute Gasteiger partial charge is 0.343 e. The number of aromatic amines is 1. The second kappa shape index (κ2) is 5.37. The molecule has 3 N–H and O–H groups in total. The summed E-state index contributed by atoms with van der Waals surface area (Å²) in [6, 6.07) is 7.31. The minimum atomic E-state index is -0.221. The molecule has 1 aromatic carbocycles. The third-order valence-electron chi connectivity index (χ3n) is 2.89. The van der Waals surface area contributed by atoms with Crippen molar-refractivity contribution in [3.63, 3.8) is 0 Å². The Morgan fingerprint density at radius 3 is 2.72 bits per heavy atom. The SMILES string of the molecule is C[C@H](c1ccc(Cl)cc1)n1c(CCN)n[nH]c1=O. The maximum atomic E-state index is 11.8. The summed E-state index contributed by atoms with van der Waals surface area (Å²) in [6.45, 7) is 2.40. The molecule has 0 bridgehead atoms. The molecule has 0 saturated carbocycles. The lowest BCUT2D eigenvalue weighted by Gasteiger charge is -2.14. The highest BCUT2D eigenvalue weighted by Gasteiger charge is 2.15. The number of aromatic nitrogens is 3. The molecule has 1 atom stereocenters. The van der Waals surface area contributed by atoms with Crippen LogP contribution in [-0.4, -0.2) is 21.3 Å². The Hall–Kier alpha value is -1.59. The number of nitrogens with two attached hydrogens (primary N) is 1. The van der Waals surface area contributed by atoms with E-state index in [1.165, 1.54) is 0 Å². The highest BCUT2D eigenvalue weighted by molar-refractivity contribution is 6.30. The molecule has 96 valence electrons. The molecule has 0 radical (unpaired) electrons. The quantitative estimate of drug-likeness (QED) is 0.877. The van der Waals surface area contributed by atoms with Gasteiger partial charge in [-0.3, -0.25) is 4.57 Å². The first-order valence-corrected chi connectivity index (χ1v) is 6.12. The van der Waals surface area contributed by atoms with Crippen LogP contribution in [0.25, 0.3) is 0 Å². The van der Waals surface area contributed by atoms with Gasteiger partial charge in [0.2, 0.25) is 0 Å². The predicted octanol–water partition coefficient (Wildman–Crippen LogP) is 1.34. The average Bonchev–Trinajstić information content (AvgIpc) is 2.71. The molecule has 0 amide bonds. The molecule has 0 saturated heterocycles. The molecular formula is C12H15ClN4O. The summed E-state index contributed by atoms with van der Waals surface area (Å²) < 4.78 is 1.62. The Bertz CT molecular complexity index is 573. The summed E-state index contributed by atoms with van der Waals surface area (Å²) in [4.78, 5) is 11.8. The molecule has 1 aromatic heterocycles. The van der Waals surface area contributed by atoms with Gasteiger partial charge in [0.1, 0.15) is 5.82 Å². The second-order valence-corrected chi connectivity index (χ2v) is 4.52. The monoisotopic (exact) mass is 266 g/mol. The molecule has 18 heavy (non-hydrogen) atoms. The van der Waals surface area contributed by atoms with Crippen LogP contribution in [0.1, 0.15) is 24.4 Å². The van der Waals surface area contributed by atoms with Gasteiger partial charge in [-0.05, 0) is 31.2 Å². The van der Waals surface area contributed by atoms with Gasteiger partial charge in [-0.1, -0.05) is 23.7 Å². The fraction of sp³-hybridized carbons (Fsp3) is 0.333. The Balaban J connectivity index is 2.38. The van der Waals surface area contributed by atoms with E-state index in [1.807, 2.05) is 19.1 Å². The summed E-state index contributed by atoms with van der Waals surface area (Å²) in [7, 11) is 0. The average molecular weight is 267 g/mol. The highest BCUT2D eigenvalue weighted by atomic mass is 35.5. The zero-order valence-electron chi connectivity index (χ0n) is 10.1. The Kier molecular flexibility index (Phi) is 3.84. The molecule has 0 aliphatic heterocycles. The zero-order chi connectivity index (χ0) is 13.1. The zero-order valence-corrected chi connectivity index (χ0v) is 10.8. The van der Waals surface area contributed by atoms with Crippen LogP contribution < -0.4 is 11.4 Å². The summed E-state index contributed by atoms with van der Waals surface area (Å²) in [5, 5.41) is 7.12. The van der Waals surface area contributed by atoms with Crippen LogP contribution in [0.5, 0.6) is 0 Å². The van der Waals surface area contributed by atoms with Gasteiger partial charge in [-0.2, -0.15) is 5.10 Å². The molecule has 0 aliphatic carbocycles. The van der Waals surface area contributed by atoms with E-state index in [-0.39, 0.29) is 11.7 Å². The first-order chi connectivity index (χ1) is 8.63. The fourth-order valence-corrected chi connectivity index (χ4v) is 2.06. The van der Waals surface area contributed by atoms with Crippen molar-refractivity contribution in [2.24, 2.45) is 5.73 Å². The summed E-state index contributed by atoms with van der Waals surface area (Å²) in [5.41, 5.74) is 6.29. The van der Waals surface area contributed by atoms with Crippen molar-refractivity contribution in [1.29, 1.82) is 0 Å². The maximum Gasteiger partial charge on any atom is 0.343 e. The lowest BCUT2D eigenvalue weighted by atomic mass is 10.1. The van der Waals surface area contributed by atoms with Crippen molar-refractivity contribution in [2.45, 2.75) is 19.4 Å². The van der Waals surface area contributed by atoms with Crippen LogP contribution in [0.3, 0.4) is 0 Å². The van der Waals surface area contributed by atoms with E-state index in [0.717, 1.165) is 5.56 Å². The van der Waals surface area contributed by atoms with Crippen molar-refractivity contribution in [3.8, 4) is 0 Å². The fourth-order valence-electron chi connectivity index (χ4n) is 1.93. The number of nitrogens with zero attached hydrogens (tertiary/aromatic N) is 2. The van der Waals surface area contributed by atoms with Crippen LogP contribution in [0, 0.1) is 0 Å². The van der Waals surface area contributed by atoms with Gasteiger partial charge in [-0.15, -0.1) is 0 Å². The first-order valence-electron chi connectivity index (χ1n) is 5.74. The van der Waals surface area contributed by atoms with Crippen molar-refractivity contribution >= 4 is 11.6 Å². The van der Waals surface area contributed by atoms with Crippen LogP contribution in [0.15, 0.2) is 29.1 Å². The predicted molar refractivity (Wildman–Crippen MR) is 70.9 cm³/mol. The second-order valence-electron chi connectivity index (χ2n) is 4.08. The Morgan fingerprint density at radius 2 is 2.11 bits per heavy atom. The number of H-pyrrole nitrogens is 1. The third-order valence-corrected chi connectivity index (χ3v) is 3.14.